The number of carbonyl (C=O) groups is 2. The van der Waals surface area contributed by atoms with E-state index in [0.29, 0.717) is 23.0 Å². The number of nitrogens with zero attached hydrogens (tertiary/aromatic N) is 2. The Morgan fingerprint density at radius 1 is 1.19 bits per heavy atom. The van der Waals surface area contributed by atoms with Crippen molar-refractivity contribution in [3.05, 3.63) is 52.0 Å². The van der Waals surface area contributed by atoms with E-state index < -0.39 is 0 Å². The fourth-order valence-electron chi connectivity index (χ4n) is 2.76. The summed E-state index contributed by atoms with van der Waals surface area (Å²) in [5.74, 6) is 1.43. The van der Waals surface area contributed by atoms with Gasteiger partial charge in [0.05, 0.1) is 22.7 Å². The van der Waals surface area contributed by atoms with Gasteiger partial charge in [-0.05, 0) is 38.0 Å². The molecule has 27 heavy (non-hydrogen) atoms. The fraction of sp³-hybridized carbons (Fsp3) is 0.300. The smallest absolute Gasteiger partial charge is 0.223 e. The number of ketones is 1. The van der Waals surface area contributed by atoms with E-state index in [-0.39, 0.29) is 17.6 Å². The molecule has 0 atom stereocenters. The Kier molecular flexibility index (Phi) is 5.22. The lowest BCUT2D eigenvalue weighted by molar-refractivity contribution is -0.122. The zero-order chi connectivity index (χ0) is 18.8. The molecule has 2 aromatic heterocycles. The Balaban J connectivity index is 1.39. The molecule has 1 aliphatic carbocycles. The summed E-state index contributed by atoms with van der Waals surface area (Å²) in [4.78, 5) is 34.9. The van der Waals surface area contributed by atoms with Gasteiger partial charge in [0, 0.05) is 16.2 Å². The minimum atomic E-state index is 0.0742. The molecule has 0 saturated heterocycles. The second-order valence-electron chi connectivity index (χ2n) is 6.56. The normalized spacial score (nSPS) is 13.7. The van der Waals surface area contributed by atoms with E-state index in [2.05, 4.69) is 15.3 Å². The molecule has 1 aromatic carbocycles. The van der Waals surface area contributed by atoms with E-state index in [0.717, 1.165) is 33.6 Å². The minimum Gasteiger partial charge on any atom is -0.351 e. The topological polar surface area (TPSA) is 72.0 Å². The molecule has 5 nitrogen and oxygen atoms in total. The standard InChI is InChI=1S/C20H19N3O2S2/c1-12-22-16-5-3-2-4-15(16)20(23-12)26-11-17(24)18-9-8-14(27-18)10-21-19(25)13-6-7-13/h2-5,8-9,13H,6-7,10-11H2,1H3,(H,21,25). The van der Waals surface area contributed by atoms with E-state index in [1.807, 2.05) is 43.3 Å². The molecule has 3 aromatic rings. The highest BCUT2D eigenvalue weighted by atomic mass is 32.2. The molecule has 138 valence electrons. The number of thiophene rings is 1. The van der Waals surface area contributed by atoms with E-state index in [9.17, 15) is 9.59 Å². The molecule has 0 radical (unpaired) electrons. The average Bonchev–Trinajstić information content (AvgIpc) is 3.41. The Labute approximate surface area is 165 Å². The number of aryl methyl sites for hydroxylation is 1. The lowest BCUT2D eigenvalue weighted by Crippen LogP contribution is -2.23. The summed E-state index contributed by atoms with van der Waals surface area (Å²) < 4.78 is 0. The highest BCUT2D eigenvalue weighted by molar-refractivity contribution is 8.00. The summed E-state index contributed by atoms with van der Waals surface area (Å²) >= 11 is 2.89. The lowest BCUT2D eigenvalue weighted by Gasteiger charge is -2.05. The Bertz CT molecular complexity index is 1010. The van der Waals surface area contributed by atoms with Crippen molar-refractivity contribution in [3.63, 3.8) is 0 Å². The van der Waals surface area contributed by atoms with Crippen molar-refractivity contribution in [1.29, 1.82) is 0 Å². The van der Waals surface area contributed by atoms with Gasteiger partial charge in [-0.3, -0.25) is 9.59 Å². The van der Waals surface area contributed by atoms with Gasteiger partial charge in [0.25, 0.3) is 0 Å². The Hall–Kier alpha value is -2.25. The van der Waals surface area contributed by atoms with Crippen molar-refractivity contribution < 1.29 is 9.59 Å². The number of amides is 1. The number of para-hydroxylation sites is 1. The van der Waals surface area contributed by atoms with Crippen molar-refractivity contribution in [2.45, 2.75) is 31.3 Å². The van der Waals surface area contributed by atoms with E-state index >= 15 is 0 Å². The minimum absolute atomic E-state index is 0.0742. The number of hydrogen-bond acceptors (Lipinski definition) is 6. The first-order valence-corrected chi connectivity index (χ1v) is 10.7. The van der Waals surface area contributed by atoms with Crippen molar-refractivity contribution in [2.75, 3.05) is 5.75 Å². The van der Waals surface area contributed by atoms with Gasteiger partial charge in [-0.15, -0.1) is 11.3 Å². The number of aromatic nitrogens is 2. The summed E-state index contributed by atoms with van der Waals surface area (Å²) in [7, 11) is 0. The molecule has 1 N–H and O–H groups in total. The third kappa shape index (κ3) is 4.36. The largest absolute Gasteiger partial charge is 0.351 e. The third-order valence-electron chi connectivity index (χ3n) is 4.34. The van der Waals surface area contributed by atoms with Crippen molar-refractivity contribution in [3.8, 4) is 0 Å². The molecule has 1 saturated carbocycles. The van der Waals surface area contributed by atoms with Gasteiger partial charge >= 0.3 is 0 Å². The van der Waals surface area contributed by atoms with Crippen molar-refractivity contribution in [1.82, 2.24) is 15.3 Å². The quantitative estimate of drug-likeness (QED) is 0.371. The van der Waals surface area contributed by atoms with Crippen LogP contribution in [0.5, 0.6) is 0 Å². The highest BCUT2D eigenvalue weighted by Gasteiger charge is 2.29. The van der Waals surface area contributed by atoms with Crippen LogP contribution < -0.4 is 5.32 Å². The maximum Gasteiger partial charge on any atom is 0.223 e. The summed E-state index contributed by atoms with van der Waals surface area (Å²) in [6.07, 6.45) is 1.99. The van der Waals surface area contributed by atoms with Gasteiger partial charge in [-0.2, -0.15) is 0 Å². The summed E-state index contributed by atoms with van der Waals surface area (Å²) in [6, 6.07) is 11.6. The van der Waals surface area contributed by atoms with Crippen LogP contribution in [0.1, 0.15) is 33.2 Å². The van der Waals surface area contributed by atoms with E-state index in [4.69, 9.17) is 0 Å². The predicted octanol–water partition coefficient (Wildman–Crippen LogP) is 4.00. The second-order valence-corrected chi connectivity index (χ2v) is 8.70. The predicted molar refractivity (Wildman–Crippen MR) is 108 cm³/mol. The van der Waals surface area contributed by atoms with Crippen molar-refractivity contribution in [2.24, 2.45) is 5.92 Å². The lowest BCUT2D eigenvalue weighted by atomic mass is 10.2. The highest BCUT2D eigenvalue weighted by Crippen LogP contribution is 2.29. The maximum atomic E-state index is 12.6. The number of thioether (sulfide) groups is 1. The SMILES string of the molecule is Cc1nc(SCC(=O)c2ccc(CNC(=O)C3CC3)s2)c2ccccc2n1. The monoisotopic (exact) mass is 397 g/mol. The van der Waals surface area contributed by atoms with Gasteiger partial charge in [0.15, 0.2) is 5.78 Å². The van der Waals surface area contributed by atoms with E-state index in [1.165, 1.54) is 23.1 Å². The molecule has 0 bridgehead atoms. The molecule has 1 aliphatic rings. The Morgan fingerprint density at radius 2 is 2.00 bits per heavy atom. The first-order valence-electron chi connectivity index (χ1n) is 8.86. The van der Waals surface area contributed by atoms with Gasteiger partial charge in [0.1, 0.15) is 10.9 Å². The van der Waals surface area contributed by atoms with Gasteiger partial charge < -0.3 is 5.32 Å². The molecular weight excluding hydrogens is 378 g/mol. The number of nitrogens with one attached hydrogen (secondary N) is 1. The molecule has 7 heteroatoms. The zero-order valence-electron chi connectivity index (χ0n) is 14.9. The Morgan fingerprint density at radius 3 is 2.81 bits per heavy atom. The van der Waals surface area contributed by atoms with Crippen LogP contribution in [0.2, 0.25) is 0 Å². The third-order valence-corrected chi connectivity index (χ3v) is 6.46. The number of benzene rings is 1. The van der Waals surface area contributed by atoms with Crippen LogP contribution in [0.3, 0.4) is 0 Å². The van der Waals surface area contributed by atoms with Crippen LogP contribution in [0, 0.1) is 12.8 Å². The summed E-state index contributed by atoms with van der Waals surface area (Å²) in [5.41, 5.74) is 0.893. The number of fused-ring (bicyclic) bond motifs is 1. The molecule has 1 amide bonds. The van der Waals surface area contributed by atoms with Crippen LogP contribution in [-0.4, -0.2) is 27.4 Å². The van der Waals surface area contributed by atoms with Crippen LogP contribution in [0.4, 0.5) is 0 Å². The molecule has 0 spiro atoms. The van der Waals surface area contributed by atoms with Gasteiger partial charge in [0.2, 0.25) is 5.91 Å². The number of hydrogen-bond donors (Lipinski definition) is 1. The van der Waals surface area contributed by atoms with Gasteiger partial charge in [-0.25, -0.2) is 9.97 Å². The fourth-order valence-corrected chi connectivity index (χ4v) is 4.68. The average molecular weight is 398 g/mol. The molecule has 4 rings (SSSR count). The van der Waals surface area contributed by atoms with E-state index in [1.54, 1.807) is 0 Å². The first-order chi connectivity index (χ1) is 13.1. The summed E-state index contributed by atoms with van der Waals surface area (Å²) in [6.45, 7) is 2.36. The van der Waals surface area contributed by atoms with Crippen molar-refractivity contribution >= 4 is 45.7 Å². The molecular formula is C20H19N3O2S2. The first kappa shape index (κ1) is 18.1. The molecule has 0 aliphatic heterocycles. The molecule has 0 unspecified atom stereocenters. The number of Topliss-reactive ketones (excluding diaryl/α,β-unsaturated/α-hetero) is 1. The second kappa shape index (κ2) is 7.78. The maximum absolute atomic E-state index is 12.6. The van der Waals surface area contributed by atoms with Gasteiger partial charge in [-0.1, -0.05) is 30.0 Å². The molecule has 2 heterocycles. The zero-order valence-corrected chi connectivity index (χ0v) is 16.5. The number of carbonyl (C=O) groups excluding carboxylic acids is 2. The van der Waals surface area contributed by atoms with Crippen LogP contribution in [0.25, 0.3) is 10.9 Å². The van der Waals surface area contributed by atoms with Crippen LogP contribution in [0.15, 0.2) is 41.4 Å². The summed E-state index contributed by atoms with van der Waals surface area (Å²) in [5, 5.41) is 4.74. The van der Waals surface area contributed by atoms with Crippen LogP contribution in [-0.2, 0) is 11.3 Å². The number of rotatable bonds is 7. The molecule has 1 fully saturated rings. The van der Waals surface area contributed by atoms with Crippen LogP contribution >= 0.6 is 23.1 Å².